The van der Waals surface area contributed by atoms with Gasteiger partial charge in [0.05, 0.1) is 0 Å². The van der Waals surface area contributed by atoms with E-state index in [2.05, 4.69) is 9.97 Å². The van der Waals surface area contributed by atoms with E-state index in [0.717, 1.165) is 0 Å². The Balaban J connectivity index is 2.38. The van der Waals surface area contributed by atoms with E-state index < -0.39 is 5.97 Å². The molecule has 0 aliphatic rings. The number of hydrogen-bond acceptors (Lipinski definition) is 5. The summed E-state index contributed by atoms with van der Waals surface area (Å²) in [4.78, 5) is 18.6. The zero-order chi connectivity index (χ0) is 13.8. The van der Waals surface area contributed by atoms with Crippen LogP contribution < -0.4 is 4.74 Å². The second kappa shape index (κ2) is 5.33. The third kappa shape index (κ3) is 2.97. The number of aromatic nitrogens is 2. The van der Waals surface area contributed by atoms with Gasteiger partial charge in [0.2, 0.25) is 0 Å². The molecular weight excluding hydrogens is 270 g/mol. The Morgan fingerprint density at radius 3 is 2.89 bits per heavy atom. The molecule has 0 aliphatic heterocycles. The monoisotopic (exact) mass is 275 g/mol. The summed E-state index contributed by atoms with van der Waals surface area (Å²) in [5.41, 5.74) is 0.00861. The molecule has 0 fully saturated rings. The smallest absolute Gasteiger partial charge is 0.339 e. The van der Waals surface area contributed by atoms with Gasteiger partial charge in [-0.05, 0) is 24.3 Å². The second-order valence-corrected chi connectivity index (χ2v) is 3.82. The number of carboxylic acid groups (broad SMARTS) is 1. The van der Waals surface area contributed by atoms with Crippen LogP contribution in [0.15, 0.2) is 30.5 Å². The lowest BCUT2D eigenvalue weighted by molar-refractivity contribution is 0.0694. The first kappa shape index (κ1) is 12.8. The Labute approximate surface area is 112 Å². The predicted octanol–water partition coefficient (Wildman–Crippen LogP) is 2.49. The third-order valence-corrected chi connectivity index (χ3v) is 2.36. The summed E-state index contributed by atoms with van der Waals surface area (Å²) in [6.07, 6.45) is 1.34. The minimum absolute atomic E-state index is 0.0481. The van der Waals surface area contributed by atoms with Gasteiger partial charge < -0.3 is 9.84 Å². The fraction of sp³-hybridized carbons (Fsp3) is 0. The van der Waals surface area contributed by atoms with Crippen LogP contribution in [-0.4, -0.2) is 21.0 Å². The number of hydrogen-bond donors (Lipinski definition) is 1. The van der Waals surface area contributed by atoms with Gasteiger partial charge in [0.25, 0.3) is 0 Å². The molecule has 1 aromatic heterocycles. The molecule has 0 aliphatic carbocycles. The molecular formula is C12H6ClN3O3. The zero-order valence-electron chi connectivity index (χ0n) is 9.37. The van der Waals surface area contributed by atoms with E-state index in [0.29, 0.717) is 0 Å². The lowest BCUT2D eigenvalue weighted by atomic mass is 10.2. The number of halogens is 1. The first-order valence-electron chi connectivity index (χ1n) is 5.04. The van der Waals surface area contributed by atoms with Crippen molar-refractivity contribution in [1.29, 1.82) is 5.26 Å². The van der Waals surface area contributed by atoms with Gasteiger partial charge in [-0.25, -0.2) is 9.78 Å². The minimum atomic E-state index is -1.19. The molecule has 94 valence electrons. The predicted molar refractivity (Wildman–Crippen MR) is 65.2 cm³/mol. The summed E-state index contributed by atoms with van der Waals surface area (Å²) in [5.74, 6) is -1.14. The van der Waals surface area contributed by atoms with E-state index in [4.69, 9.17) is 26.7 Å². The van der Waals surface area contributed by atoms with Gasteiger partial charge >= 0.3 is 12.0 Å². The number of rotatable bonds is 3. The van der Waals surface area contributed by atoms with Gasteiger partial charge in [0.15, 0.2) is 0 Å². The van der Waals surface area contributed by atoms with Gasteiger partial charge in [-0.2, -0.15) is 10.2 Å². The lowest BCUT2D eigenvalue weighted by Gasteiger charge is -2.07. The van der Waals surface area contributed by atoms with Crippen LogP contribution >= 0.6 is 11.6 Å². The molecule has 2 rings (SSSR count). The number of carboxylic acids is 1. The molecule has 0 spiro atoms. The molecule has 0 saturated carbocycles. The Morgan fingerprint density at radius 1 is 1.42 bits per heavy atom. The van der Waals surface area contributed by atoms with Crippen LogP contribution in [0, 0.1) is 11.3 Å². The Bertz CT molecular complexity index is 682. The molecule has 19 heavy (non-hydrogen) atoms. The minimum Gasteiger partial charge on any atom is -0.478 e. The van der Waals surface area contributed by atoms with Crippen molar-refractivity contribution in [3.8, 4) is 17.8 Å². The van der Waals surface area contributed by atoms with E-state index in [1.807, 2.05) is 6.07 Å². The van der Waals surface area contributed by atoms with Gasteiger partial charge in [-0.15, -0.1) is 0 Å². The number of benzene rings is 1. The molecule has 6 nitrogen and oxygen atoms in total. The first-order chi connectivity index (χ1) is 9.10. The highest BCUT2D eigenvalue weighted by molar-refractivity contribution is 6.31. The topological polar surface area (TPSA) is 96.1 Å². The summed E-state index contributed by atoms with van der Waals surface area (Å²) in [5, 5.41) is 18.0. The van der Waals surface area contributed by atoms with E-state index >= 15 is 0 Å². The Morgan fingerprint density at radius 2 is 2.21 bits per heavy atom. The molecule has 1 heterocycles. The molecule has 1 N–H and O–H groups in total. The van der Waals surface area contributed by atoms with Crippen molar-refractivity contribution >= 4 is 17.6 Å². The number of aromatic carboxylic acids is 1. The molecule has 1 aromatic carbocycles. The number of nitrogens with zero attached hydrogens (tertiary/aromatic N) is 3. The average Bonchev–Trinajstić information content (AvgIpc) is 2.41. The maximum atomic E-state index is 11.1. The Kier molecular flexibility index (Phi) is 3.59. The van der Waals surface area contributed by atoms with Crippen molar-refractivity contribution in [1.82, 2.24) is 9.97 Å². The van der Waals surface area contributed by atoms with Crippen molar-refractivity contribution in [3.63, 3.8) is 0 Å². The molecule has 0 radical (unpaired) electrons. The van der Waals surface area contributed by atoms with Crippen LogP contribution in [0.4, 0.5) is 0 Å². The van der Waals surface area contributed by atoms with Crippen molar-refractivity contribution in [3.05, 3.63) is 46.7 Å². The number of nitriles is 1. The normalized spacial score (nSPS) is 9.68. The summed E-state index contributed by atoms with van der Waals surface area (Å²) in [6, 6.07) is 7.27. The Hall–Kier alpha value is -2.65. The number of ether oxygens (including phenoxy) is 1. The molecule has 0 bridgehead atoms. The van der Waals surface area contributed by atoms with Crippen LogP contribution in [0.1, 0.15) is 16.1 Å². The molecule has 7 heteroatoms. The molecule has 2 aromatic rings. The van der Waals surface area contributed by atoms with E-state index in [-0.39, 0.29) is 28.0 Å². The summed E-state index contributed by atoms with van der Waals surface area (Å²) in [7, 11) is 0. The van der Waals surface area contributed by atoms with Crippen LogP contribution in [0.25, 0.3) is 0 Å². The van der Waals surface area contributed by atoms with Gasteiger partial charge in [0.1, 0.15) is 23.1 Å². The van der Waals surface area contributed by atoms with E-state index in [9.17, 15) is 4.79 Å². The van der Waals surface area contributed by atoms with Crippen LogP contribution in [0.3, 0.4) is 0 Å². The largest absolute Gasteiger partial charge is 0.478 e. The fourth-order valence-corrected chi connectivity index (χ4v) is 1.48. The quantitative estimate of drug-likeness (QED) is 0.924. The lowest BCUT2D eigenvalue weighted by Crippen LogP contribution is -2.01. The maximum Gasteiger partial charge on any atom is 0.339 e. The van der Waals surface area contributed by atoms with Crippen molar-refractivity contribution in [2.24, 2.45) is 0 Å². The van der Waals surface area contributed by atoms with E-state index in [1.165, 1.54) is 30.5 Å². The SMILES string of the molecule is N#Cc1ccnc(Oc2ccc(Cl)cc2C(=O)O)n1. The standard InChI is InChI=1S/C12H6ClN3O3/c13-7-1-2-10(9(5-7)11(17)18)19-12-15-4-3-8(6-14)16-12/h1-5H,(H,17,18). The third-order valence-electron chi connectivity index (χ3n) is 2.12. The van der Waals surface area contributed by atoms with Gasteiger partial charge in [-0.3, -0.25) is 0 Å². The second-order valence-electron chi connectivity index (χ2n) is 3.38. The molecule has 0 saturated heterocycles. The highest BCUT2D eigenvalue weighted by Crippen LogP contribution is 2.26. The highest BCUT2D eigenvalue weighted by Gasteiger charge is 2.14. The molecule has 0 atom stereocenters. The summed E-state index contributed by atoms with van der Waals surface area (Å²) < 4.78 is 5.26. The maximum absolute atomic E-state index is 11.1. The van der Waals surface area contributed by atoms with Crippen LogP contribution in [0.5, 0.6) is 11.8 Å². The fourth-order valence-electron chi connectivity index (χ4n) is 1.31. The van der Waals surface area contributed by atoms with Crippen LogP contribution in [0.2, 0.25) is 5.02 Å². The van der Waals surface area contributed by atoms with Crippen molar-refractivity contribution < 1.29 is 14.6 Å². The average molecular weight is 276 g/mol. The van der Waals surface area contributed by atoms with E-state index in [1.54, 1.807) is 0 Å². The summed E-state index contributed by atoms with van der Waals surface area (Å²) in [6.45, 7) is 0. The molecule has 0 unspecified atom stereocenters. The summed E-state index contributed by atoms with van der Waals surface area (Å²) >= 11 is 5.72. The van der Waals surface area contributed by atoms with Crippen molar-refractivity contribution in [2.75, 3.05) is 0 Å². The number of carbonyl (C=O) groups is 1. The first-order valence-corrected chi connectivity index (χ1v) is 5.42. The molecule has 0 amide bonds. The zero-order valence-corrected chi connectivity index (χ0v) is 10.1. The van der Waals surface area contributed by atoms with Crippen LogP contribution in [-0.2, 0) is 0 Å². The van der Waals surface area contributed by atoms with Crippen molar-refractivity contribution in [2.45, 2.75) is 0 Å². The van der Waals surface area contributed by atoms with Gasteiger partial charge in [0, 0.05) is 11.2 Å². The highest BCUT2D eigenvalue weighted by atomic mass is 35.5. The van der Waals surface area contributed by atoms with Gasteiger partial charge in [-0.1, -0.05) is 11.6 Å².